The molecule has 0 radical (unpaired) electrons. The average Bonchev–Trinajstić information content (AvgIpc) is 3.04. The number of carbonyl (C=O) groups is 2. The van der Waals surface area contributed by atoms with Gasteiger partial charge >= 0.3 is 12.0 Å². The van der Waals surface area contributed by atoms with Gasteiger partial charge in [0.05, 0.1) is 24.4 Å². The molecule has 3 aromatic carbocycles. The molecular formula is C33H33N3O6S. The van der Waals surface area contributed by atoms with Crippen LogP contribution in [0.4, 0.5) is 10.5 Å². The summed E-state index contributed by atoms with van der Waals surface area (Å²) in [5, 5.41) is 25.3. The number of thioether (sulfide) groups is 1. The second-order valence-corrected chi connectivity index (χ2v) is 11.2. The molecule has 222 valence electrons. The third kappa shape index (κ3) is 7.79. The van der Waals surface area contributed by atoms with Crippen LogP contribution < -0.4 is 10.6 Å². The van der Waals surface area contributed by atoms with E-state index in [9.17, 15) is 19.8 Å². The highest BCUT2D eigenvalue weighted by Gasteiger charge is 2.38. The van der Waals surface area contributed by atoms with E-state index in [-0.39, 0.29) is 36.3 Å². The number of rotatable bonds is 10. The van der Waals surface area contributed by atoms with Crippen molar-refractivity contribution in [3.63, 3.8) is 0 Å². The van der Waals surface area contributed by atoms with Crippen LogP contribution in [0.3, 0.4) is 0 Å². The van der Waals surface area contributed by atoms with E-state index in [1.807, 2.05) is 79.7 Å². The molecule has 1 aliphatic rings. The fourth-order valence-corrected chi connectivity index (χ4v) is 6.01. The van der Waals surface area contributed by atoms with Crippen molar-refractivity contribution in [1.82, 2.24) is 10.3 Å². The molecule has 1 saturated heterocycles. The maximum atomic E-state index is 12.6. The highest BCUT2D eigenvalue weighted by molar-refractivity contribution is 7.99. The summed E-state index contributed by atoms with van der Waals surface area (Å²) < 4.78 is 13.0. The fourth-order valence-electron chi connectivity index (χ4n) is 4.86. The number of nitrogens with one attached hydrogen (secondary N) is 2. The minimum atomic E-state index is -1.03. The van der Waals surface area contributed by atoms with E-state index in [0.717, 1.165) is 22.3 Å². The van der Waals surface area contributed by atoms with Crippen LogP contribution in [-0.2, 0) is 22.6 Å². The van der Waals surface area contributed by atoms with E-state index in [1.165, 1.54) is 17.8 Å². The zero-order valence-electron chi connectivity index (χ0n) is 23.6. The number of anilines is 1. The SMILES string of the molecule is CC1C(CSc2ncccc2C(=O)O)OC(c2cccc(NC(=O)NCc3ccccc3)c2)OC1c1ccc(CO)cc1. The number of pyridine rings is 1. The Morgan fingerprint density at radius 3 is 2.44 bits per heavy atom. The lowest BCUT2D eigenvalue weighted by molar-refractivity contribution is -0.268. The number of urea groups is 1. The second kappa shape index (κ2) is 14.3. The minimum absolute atomic E-state index is 0.0545. The Balaban J connectivity index is 1.34. The highest BCUT2D eigenvalue weighted by Crippen LogP contribution is 2.43. The summed E-state index contributed by atoms with van der Waals surface area (Å²) in [6.07, 6.45) is 0.165. The van der Waals surface area contributed by atoms with E-state index in [1.54, 1.807) is 18.3 Å². The number of carboxylic acid groups (broad SMARTS) is 1. The molecule has 2 amide bonds. The number of nitrogens with zero attached hydrogens (tertiary/aromatic N) is 1. The summed E-state index contributed by atoms with van der Waals surface area (Å²) in [7, 11) is 0. The van der Waals surface area contributed by atoms with Gasteiger partial charge in [0.1, 0.15) is 5.03 Å². The topological polar surface area (TPSA) is 130 Å². The summed E-state index contributed by atoms with van der Waals surface area (Å²) in [4.78, 5) is 28.6. The Labute approximate surface area is 254 Å². The van der Waals surface area contributed by atoms with Gasteiger partial charge < -0.3 is 30.3 Å². The molecule has 43 heavy (non-hydrogen) atoms. The standard InChI is InChI=1S/C33H33N3O6S/c1-21-28(20-43-30-27(31(38)39)11-6-16-34-30)41-32(42-29(21)24-14-12-23(19-37)13-15-24)25-9-5-10-26(17-25)36-33(40)35-18-22-7-3-2-4-8-22/h2-17,21,28-29,32,37H,18-20H2,1H3,(H,38,39)(H2,35,36,40). The van der Waals surface area contributed by atoms with Crippen LogP contribution in [0.15, 0.2) is 102 Å². The first kappa shape index (κ1) is 30.2. The van der Waals surface area contributed by atoms with Gasteiger partial charge in [-0.1, -0.05) is 73.7 Å². The largest absolute Gasteiger partial charge is 0.478 e. The Kier molecular flexibility index (Phi) is 10.1. The quantitative estimate of drug-likeness (QED) is 0.159. The molecule has 1 aliphatic heterocycles. The molecule has 0 bridgehead atoms. The van der Waals surface area contributed by atoms with Gasteiger partial charge in [-0.3, -0.25) is 0 Å². The smallest absolute Gasteiger partial charge is 0.338 e. The van der Waals surface area contributed by atoms with E-state index in [2.05, 4.69) is 15.6 Å². The predicted octanol–water partition coefficient (Wildman–Crippen LogP) is 6.18. The fraction of sp³-hybridized carbons (Fsp3) is 0.242. The number of carbonyl (C=O) groups excluding carboxylic acids is 1. The number of benzene rings is 3. The van der Waals surface area contributed by atoms with Gasteiger partial charge in [0.25, 0.3) is 0 Å². The molecule has 0 saturated carbocycles. The van der Waals surface area contributed by atoms with E-state index in [0.29, 0.717) is 23.0 Å². The van der Waals surface area contributed by atoms with Gasteiger partial charge in [0.2, 0.25) is 0 Å². The summed E-state index contributed by atoms with van der Waals surface area (Å²) in [6.45, 7) is 2.38. The number of carboxylic acids is 1. The van der Waals surface area contributed by atoms with Crippen molar-refractivity contribution in [2.75, 3.05) is 11.1 Å². The normalized spacial score (nSPS) is 19.9. The van der Waals surface area contributed by atoms with Crippen LogP contribution in [0, 0.1) is 5.92 Å². The lowest BCUT2D eigenvalue weighted by Crippen LogP contribution is -2.38. The van der Waals surface area contributed by atoms with Crippen LogP contribution in [-0.4, -0.2) is 39.1 Å². The molecule has 5 rings (SSSR count). The van der Waals surface area contributed by atoms with Crippen LogP contribution in [0.5, 0.6) is 0 Å². The monoisotopic (exact) mass is 599 g/mol. The summed E-state index contributed by atoms with van der Waals surface area (Å²) >= 11 is 1.33. The van der Waals surface area contributed by atoms with E-state index in [4.69, 9.17) is 9.47 Å². The zero-order valence-corrected chi connectivity index (χ0v) is 24.4. The molecular weight excluding hydrogens is 566 g/mol. The predicted molar refractivity (Wildman–Crippen MR) is 164 cm³/mol. The molecule has 2 heterocycles. The van der Waals surface area contributed by atoms with Crippen LogP contribution in [0.2, 0.25) is 0 Å². The second-order valence-electron chi connectivity index (χ2n) is 10.2. The van der Waals surface area contributed by atoms with Crippen LogP contribution in [0.25, 0.3) is 0 Å². The molecule has 1 aromatic heterocycles. The molecule has 4 atom stereocenters. The summed E-state index contributed by atoms with van der Waals surface area (Å²) in [5.74, 6) is -0.678. The van der Waals surface area contributed by atoms with Crippen molar-refractivity contribution >= 4 is 29.4 Å². The van der Waals surface area contributed by atoms with Gasteiger partial charge in [0, 0.05) is 35.7 Å². The van der Waals surface area contributed by atoms with Crippen molar-refractivity contribution in [2.45, 2.75) is 43.6 Å². The molecule has 0 aliphatic carbocycles. The van der Waals surface area contributed by atoms with Crippen molar-refractivity contribution in [1.29, 1.82) is 0 Å². The number of hydrogen-bond acceptors (Lipinski definition) is 7. The lowest BCUT2D eigenvalue weighted by Gasteiger charge is -2.41. The third-order valence-corrected chi connectivity index (χ3v) is 8.32. The molecule has 1 fully saturated rings. The Hall–Kier alpha value is -4.22. The number of aromatic carboxylic acids is 1. The van der Waals surface area contributed by atoms with Crippen molar-refractivity contribution in [3.8, 4) is 0 Å². The lowest BCUT2D eigenvalue weighted by atomic mass is 9.91. The van der Waals surface area contributed by atoms with Crippen molar-refractivity contribution < 1.29 is 29.3 Å². The first-order chi connectivity index (χ1) is 20.9. The number of aliphatic hydroxyl groups excluding tert-OH is 1. The number of hydrogen-bond donors (Lipinski definition) is 4. The van der Waals surface area contributed by atoms with E-state index < -0.39 is 12.3 Å². The molecule has 9 nitrogen and oxygen atoms in total. The molecule has 10 heteroatoms. The highest BCUT2D eigenvalue weighted by atomic mass is 32.2. The Bertz CT molecular complexity index is 1540. The molecule has 4 unspecified atom stereocenters. The van der Waals surface area contributed by atoms with Gasteiger partial charge in [-0.05, 0) is 41.0 Å². The van der Waals surface area contributed by atoms with Gasteiger partial charge in [0.15, 0.2) is 6.29 Å². The van der Waals surface area contributed by atoms with Crippen molar-refractivity contribution in [3.05, 3.63) is 125 Å². The molecule has 0 spiro atoms. The molecule has 4 N–H and O–H groups in total. The Morgan fingerprint density at radius 2 is 1.70 bits per heavy atom. The van der Waals surface area contributed by atoms with Gasteiger partial charge in [-0.25, -0.2) is 14.6 Å². The first-order valence-corrected chi connectivity index (χ1v) is 14.9. The zero-order chi connectivity index (χ0) is 30.2. The first-order valence-electron chi connectivity index (χ1n) is 13.9. The minimum Gasteiger partial charge on any atom is -0.478 e. The van der Waals surface area contributed by atoms with Crippen LogP contribution in [0.1, 0.15) is 51.9 Å². The third-order valence-electron chi connectivity index (χ3n) is 7.22. The van der Waals surface area contributed by atoms with Gasteiger partial charge in [-0.15, -0.1) is 11.8 Å². The number of ether oxygens (including phenoxy) is 2. The number of amides is 2. The van der Waals surface area contributed by atoms with E-state index >= 15 is 0 Å². The number of aromatic nitrogens is 1. The maximum Gasteiger partial charge on any atom is 0.338 e. The summed E-state index contributed by atoms with van der Waals surface area (Å²) in [6, 6.07) is 27.4. The Morgan fingerprint density at radius 1 is 0.907 bits per heavy atom. The number of aliphatic hydroxyl groups is 1. The molecule has 4 aromatic rings. The van der Waals surface area contributed by atoms with Gasteiger partial charge in [-0.2, -0.15) is 0 Å². The summed E-state index contributed by atoms with van der Waals surface area (Å²) in [5.41, 5.74) is 4.18. The van der Waals surface area contributed by atoms with Crippen molar-refractivity contribution in [2.24, 2.45) is 5.92 Å². The van der Waals surface area contributed by atoms with Crippen LogP contribution >= 0.6 is 11.8 Å². The average molecular weight is 600 g/mol. The maximum absolute atomic E-state index is 12.6.